The van der Waals surface area contributed by atoms with Gasteiger partial charge in [0.25, 0.3) is 5.91 Å². The zero-order valence-corrected chi connectivity index (χ0v) is 18.5. The Balaban J connectivity index is 1.36. The van der Waals surface area contributed by atoms with Crippen molar-refractivity contribution in [2.24, 2.45) is 0 Å². The monoisotopic (exact) mass is 494 g/mol. The van der Waals surface area contributed by atoms with Crippen molar-refractivity contribution in [1.82, 2.24) is 14.8 Å². The van der Waals surface area contributed by atoms with Crippen LogP contribution in [0.4, 0.5) is 10.3 Å². The van der Waals surface area contributed by atoms with Crippen molar-refractivity contribution in [3.63, 3.8) is 0 Å². The molecule has 0 fully saturated rings. The summed E-state index contributed by atoms with van der Waals surface area (Å²) in [5.41, 5.74) is 0.712. The number of hydrogen-bond donors (Lipinski definition) is 1. The number of nitrogens with one attached hydrogen (secondary N) is 1. The Bertz CT molecular complexity index is 1250. The van der Waals surface area contributed by atoms with Gasteiger partial charge in [-0.05, 0) is 42.0 Å². The average Bonchev–Trinajstić information content (AvgIpc) is 3.37. The lowest BCUT2D eigenvalue weighted by Crippen LogP contribution is -2.12. The number of hydrogen-bond acceptors (Lipinski definition) is 5. The van der Waals surface area contributed by atoms with Gasteiger partial charge in [-0.3, -0.25) is 10.1 Å². The van der Waals surface area contributed by atoms with E-state index in [2.05, 4.69) is 15.4 Å². The standard InChI is InChI=1S/C21H14Cl3FN4O3/c22-13-7-16(23)19(17(24)8-13)31-10-15-4-5-18(32-15)20(30)27-21-26-11-29(28-21)9-12-2-1-3-14(25)6-12/h1-8,11H,9-10H2,(H,27,28,30). The number of carbonyl (C=O) groups is 1. The van der Waals surface area contributed by atoms with Crippen molar-refractivity contribution >= 4 is 46.7 Å². The van der Waals surface area contributed by atoms with Gasteiger partial charge in [0.15, 0.2) is 11.5 Å². The van der Waals surface area contributed by atoms with E-state index in [9.17, 15) is 9.18 Å². The molecule has 32 heavy (non-hydrogen) atoms. The number of benzene rings is 2. The first-order valence-electron chi connectivity index (χ1n) is 9.18. The summed E-state index contributed by atoms with van der Waals surface area (Å²) in [5, 5.41) is 7.59. The first-order chi connectivity index (χ1) is 15.4. The number of aromatic nitrogens is 3. The minimum Gasteiger partial charge on any atom is -0.483 e. The highest BCUT2D eigenvalue weighted by atomic mass is 35.5. The Morgan fingerprint density at radius 2 is 1.91 bits per heavy atom. The summed E-state index contributed by atoms with van der Waals surface area (Å²) in [5.74, 6) is -0.120. The van der Waals surface area contributed by atoms with Gasteiger partial charge < -0.3 is 9.15 Å². The van der Waals surface area contributed by atoms with E-state index >= 15 is 0 Å². The summed E-state index contributed by atoms with van der Waals surface area (Å²) < 4.78 is 25.9. The Morgan fingerprint density at radius 3 is 2.66 bits per heavy atom. The van der Waals surface area contributed by atoms with E-state index in [4.69, 9.17) is 44.0 Å². The van der Waals surface area contributed by atoms with Crippen LogP contribution in [0.25, 0.3) is 0 Å². The third kappa shape index (κ3) is 5.40. The minimum atomic E-state index is -0.540. The van der Waals surface area contributed by atoms with Crippen molar-refractivity contribution in [2.75, 3.05) is 5.32 Å². The van der Waals surface area contributed by atoms with Gasteiger partial charge in [-0.1, -0.05) is 46.9 Å². The number of nitrogens with zero attached hydrogens (tertiary/aromatic N) is 3. The average molecular weight is 496 g/mol. The van der Waals surface area contributed by atoms with E-state index in [0.29, 0.717) is 22.9 Å². The molecule has 4 rings (SSSR count). The van der Waals surface area contributed by atoms with E-state index in [0.717, 1.165) is 0 Å². The van der Waals surface area contributed by atoms with Gasteiger partial charge >= 0.3 is 0 Å². The van der Waals surface area contributed by atoms with Crippen LogP contribution in [0.15, 0.2) is 59.3 Å². The molecular weight excluding hydrogens is 482 g/mol. The number of furan rings is 1. The normalized spacial score (nSPS) is 10.9. The molecule has 0 saturated carbocycles. The number of halogens is 4. The first kappa shape index (κ1) is 22.1. The second-order valence-corrected chi connectivity index (χ2v) is 7.85. The fraction of sp³-hybridized carbons (Fsp3) is 0.0952. The maximum Gasteiger partial charge on any atom is 0.293 e. The Morgan fingerprint density at radius 1 is 1.12 bits per heavy atom. The number of rotatable bonds is 7. The van der Waals surface area contributed by atoms with Gasteiger partial charge in [-0.2, -0.15) is 0 Å². The van der Waals surface area contributed by atoms with Gasteiger partial charge in [-0.15, -0.1) is 5.10 Å². The molecule has 0 spiro atoms. The molecule has 0 aliphatic carbocycles. The molecule has 0 unspecified atom stereocenters. The van der Waals surface area contributed by atoms with Crippen LogP contribution in [0.3, 0.4) is 0 Å². The quantitative estimate of drug-likeness (QED) is 0.348. The lowest BCUT2D eigenvalue weighted by Gasteiger charge is -2.09. The molecule has 0 bridgehead atoms. The third-order valence-corrected chi connectivity index (χ3v) is 4.98. The number of anilines is 1. The summed E-state index contributed by atoms with van der Waals surface area (Å²) in [6.07, 6.45) is 1.43. The molecule has 1 N–H and O–H groups in total. The van der Waals surface area contributed by atoms with Crippen LogP contribution in [0.5, 0.6) is 5.75 Å². The lowest BCUT2D eigenvalue weighted by atomic mass is 10.2. The van der Waals surface area contributed by atoms with E-state index in [1.807, 2.05) is 0 Å². The molecule has 7 nitrogen and oxygen atoms in total. The van der Waals surface area contributed by atoms with Crippen LogP contribution in [0.1, 0.15) is 21.9 Å². The molecule has 11 heteroatoms. The fourth-order valence-corrected chi connectivity index (χ4v) is 3.73. The number of carbonyl (C=O) groups excluding carboxylic acids is 1. The van der Waals surface area contributed by atoms with Crippen molar-refractivity contribution in [2.45, 2.75) is 13.2 Å². The summed E-state index contributed by atoms with van der Waals surface area (Å²) in [6, 6.07) is 12.2. The highest BCUT2D eigenvalue weighted by Gasteiger charge is 2.15. The molecule has 4 aromatic rings. The van der Waals surface area contributed by atoms with Crippen LogP contribution in [-0.2, 0) is 13.2 Å². The van der Waals surface area contributed by atoms with E-state index in [1.165, 1.54) is 41.3 Å². The van der Waals surface area contributed by atoms with E-state index in [-0.39, 0.29) is 39.9 Å². The number of ether oxygens (including phenoxy) is 1. The Hall–Kier alpha value is -3.07. The van der Waals surface area contributed by atoms with Crippen LogP contribution in [0, 0.1) is 5.82 Å². The molecule has 2 aromatic heterocycles. The fourth-order valence-electron chi connectivity index (χ4n) is 2.80. The predicted octanol–water partition coefficient (Wildman–Crippen LogP) is 5.85. The molecule has 2 heterocycles. The molecule has 0 radical (unpaired) electrons. The van der Waals surface area contributed by atoms with E-state index < -0.39 is 5.91 Å². The molecule has 1 amide bonds. The van der Waals surface area contributed by atoms with Crippen molar-refractivity contribution in [1.29, 1.82) is 0 Å². The molecular formula is C21H14Cl3FN4O3. The van der Waals surface area contributed by atoms with Crippen LogP contribution in [-0.4, -0.2) is 20.7 Å². The maximum absolute atomic E-state index is 13.3. The highest BCUT2D eigenvalue weighted by molar-refractivity contribution is 6.40. The number of amides is 1. The molecule has 2 aromatic carbocycles. The predicted molar refractivity (Wildman–Crippen MR) is 118 cm³/mol. The minimum absolute atomic E-state index is 0.00509. The van der Waals surface area contributed by atoms with Gasteiger partial charge in [-0.25, -0.2) is 14.1 Å². The van der Waals surface area contributed by atoms with Gasteiger partial charge in [0.2, 0.25) is 5.95 Å². The molecule has 0 aliphatic rings. The Kier molecular flexibility index (Phi) is 6.64. The van der Waals surface area contributed by atoms with Gasteiger partial charge in [0.05, 0.1) is 16.6 Å². The van der Waals surface area contributed by atoms with Gasteiger partial charge in [0.1, 0.15) is 24.5 Å². The SMILES string of the molecule is O=C(Nc1ncn(Cc2cccc(F)c2)n1)c1ccc(COc2c(Cl)cc(Cl)cc2Cl)o1. The second-order valence-electron chi connectivity index (χ2n) is 6.60. The highest BCUT2D eigenvalue weighted by Crippen LogP contribution is 2.36. The van der Waals surface area contributed by atoms with Crippen molar-refractivity contribution in [3.8, 4) is 5.75 Å². The van der Waals surface area contributed by atoms with Crippen molar-refractivity contribution in [3.05, 3.63) is 92.8 Å². The maximum atomic E-state index is 13.3. The summed E-state index contributed by atoms with van der Waals surface area (Å²) >= 11 is 18.0. The third-order valence-electron chi connectivity index (χ3n) is 4.20. The first-order valence-corrected chi connectivity index (χ1v) is 10.3. The molecule has 0 atom stereocenters. The smallest absolute Gasteiger partial charge is 0.293 e. The Labute approximate surface area is 196 Å². The van der Waals surface area contributed by atoms with Crippen LogP contribution >= 0.6 is 34.8 Å². The zero-order chi connectivity index (χ0) is 22.7. The summed E-state index contributed by atoms with van der Waals surface area (Å²) in [6.45, 7) is 0.299. The summed E-state index contributed by atoms with van der Waals surface area (Å²) in [4.78, 5) is 16.4. The van der Waals surface area contributed by atoms with Gasteiger partial charge in [0, 0.05) is 5.02 Å². The van der Waals surface area contributed by atoms with Crippen LogP contribution in [0.2, 0.25) is 15.1 Å². The molecule has 164 valence electrons. The molecule has 0 aliphatic heterocycles. The molecule has 0 saturated heterocycles. The van der Waals surface area contributed by atoms with Crippen LogP contribution < -0.4 is 10.1 Å². The summed E-state index contributed by atoms with van der Waals surface area (Å²) in [7, 11) is 0. The second kappa shape index (κ2) is 9.60. The largest absolute Gasteiger partial charge is 0.483 e. The van der Waals surface area contributed by atoms with Crippen molar-refractivity contribution < 1.29 is 18.3 Å². The lowest BCUT2D eigenvalue weighted by molar-refractivity contribution is 0.0991. The topological polar surface area (TPSA) is 82.2 Å². The van der Waals surface area contributed by atoms with E-state index in [1.54, 1.807) is 18.2 Å². The zero-order valence-electron chi connectivity index (χ0n) is 16.2.